The minimum Gasteiger partial charge on any atom is -0.419 e. The Kier molecular flexibility index (Phi) is 4.62. The van der Waals surface area contributed by atoms with Gasteiger partial charge in [0.25, 0.3) is 15.9 Å². The summed E-state index contributed by atoms with van der Waals surface area (Å²) in [5.74, 6) is 0.836. The van der Waals surface area contributed by atoms with Gasteiger partial charge in [-0.05, 0) is 32.4 Å². The fourth-order valence-electron chi connectivity index (χ4n) is 3.03. The maximum absolute atomic E-state index is 13.1. The number of aryl methyl sites for hydroxylation is 2. The topological polar surface area (TPSA) is 90.0 Å². The summed E-state index contributed by atoms with van der Waals surface area (Å²) in [4.78, 5) is 0.231. The first-order chi connectivity index (χ1) is 12.3. The summed E-state index contributed by atoms with van der Waals surface area (Å²) in [5, 5.41) is 8.04. The highest BCUT2D eigenvalue weighted by molar-refractivity contribution is 7.92. The molecule has 2 aromatic heterocycles. The molecule has 1 N–H and O–H groups in total. The van der Waals surface area contributed by atoms with Crippen molar-refractivity contribution in [1.82, 2.24) is 14.8 Å². The molecule has 0 fully saturated rings. The molecule has 0 aliphatic carbocycles. The summed E-state index contributed by atoms with van der Waals surface area (Å²) in [6, 6.07) is 7.27. The molecule has 0 aliphatic heterocycles. The van der Waals surface area contributed by atoms with E-state index in [1.807, 2.05) is 26.0 Å². The van der Waals surface area contributed by atoms with Gasteiger partial charge < -0.3 is 8.98 Å². The largest absolute Gasteiger partial charge is 0.419 e. The fourth-order valence-corrected chi connectivity index (χ4v) is 4.67. The lowest BCUT2D eigenvalue weighted by molar-refractivity contribution is 0.508. The lowest BCUT2D eigenvalue weighted by Crippen LogP contribution is -2.15. The lowest BCUT2D eigenvalue weighted by Gasteiger charge is -2.11. The second-order valence-corrected chi connectivity index (χ2v) is 7.84. The zero-order valence-corrected chi connectivity index (χ0v) is 16.3. The van der Waals surface area contributed by atoms with Crippen LogP contribution in [-0.4, -0.2) is 23.2 Å². The third-order valence-electron chi connectivity index (χ3n) is 4.49. The van der Waals surface area contributed by atoms with Gasteiger partial charge in [-0.3, -0.25) is 4.72 Å². The summed E-state index contributed by atoms with van der Waals surface area (Å²) in [6.45, 7) is 7.30. The Balaban J connectivity index is 2.11. The molecule has 0 bridgehead atoms. The van der Waals surface area contributed by atoms with Crippen molar-refractivity contribution in [2.75, 3.05) is 4.72 Å². The molecule has 3 aromatic rings. The third kappa shape index (κ3) is 3.01. The Labute approximate surface area is 153 Å². The van der Waals surface area contributed by atoms with Crippen LogP contribution in [0.2, 0.25) is 0 Å². The smallest absolute Gasteiger partial charge is 0.264 e. The minimum absolute atomic E-state index is 0.231. The quantitative estimate of drug-likeness (QED) is 0.739. The van der Waals surface area contributed by atoms with Gasteiger partial charge in [0, 0.05) is 24.7 Å². The van der Waals surface area contributed by atoms with Crippen LogP contribution in [0.25, 0.3) is 11.6 Å². The minimum atomic E-state index is -3.77. The number of rotatable bonds is 5. The first-order valence-electron chi connectivity index (χ1n) is 8.33. The predicted octanol–water partition coefficient (Wildman–Crippen LogP) is 3.36. The molecule has 0 amide bonds. The molecule has 2 heterocycles. The molecule has 26 heavy (non-hydrogen) atoms. The van der Waals surface area contributed by atoms with E-state index < -0.39 is 10.0 Å². The average molecular weight is 374 g/mol. The number of anilines is 1. The van der Waals surface area contributed by atoms with Crippen LogP contribution in [0.1, 0.15) is 29.6 Å². The van der Waals surface area contributed by atoms with Crippen LogP contribution in [0.5, 0.6) is 0 Å². The second kappa shape index (κ2) is 6.60. The first kappa shape index (κ1) is 18.2. The number of benzene rings is 1. The Morgan fingerprint density at radius 3 is 2.46 bits per heavy atom. The Bertz CT molecular complexity index is 1060. The van der Waals surface area contributed by atoms with Crippen molar-refractivity contribution < 1.29 is 12.8 Å². The number of hydrogen-bond acceptors (Lipinski definition) is 5. The Morgan fingerprint density at radius 1 is 1.15 bits per heavy atom. The van der Waals surface area contributed by atoms with Crippen molar-refractivity contribution in [2.24, 2.45) is 7.05 Å². The van der Waals surface area contributed by atoms with E-state index in [0.717, 1.165) is 5.56 Å². The van der Waals surface area contributed by atoms with Gasteiger partial charge in [-0.2, -0.15) is 0 Å². The van der Waals surface area contributed by atoms with E-state index in [-0.39, 0.29) is 4.90 Å². The number of nitrogens with one attached hydrogen (secondary N) is 1. The van der Waals surface area contributed by atoms with Crippen molar-refractivity contribution in [3.8, 4) is 11.6 Å². The van der Waals surface area contributed by atoms with Gasteiger partial charge in [-0.1, -0.05) is 25.1 Å². The summed E-state index contributed by atoms with van der Waals surface area (Å²) < 4.78 is 36.2. The molecule has 138 valence electrons. The van der Waals surface area contributed by atoms with Gasteiger partial charge in [-0.25, -0.2) is 8.42 Å². The van der Waals surface area contributed by atoms with E-state index in [0.29, 0.717) is 40.8 Å². The Hall–Kier alpha value is -2.61. The highest BCUT2D eigenvalue weighted by Gasteiger charge is 2.29. The summed E-state index contributed by atoms with van der Waals surface area (Å²) in [5.41, 5.74) is 3.21. The molecule has 0 saturated heterocycles. The zero-order valence-electron chi connectivity index (χ0n) is 15.5. The number of aromatic nitrogens is 3. The number of sulfonamides is 1. The first-order valence-corrected chi connectivity index (χ1v) is 9.81. The van der Waals surface area contributed by atoms with Crippen LogP contribution >= 0.6 is 0 Å². The highest BCUT2D eigenvalue weighted by atomic mass is 32.2. The van der Waals surface area contributed by atoms with E-state index in [2.05, 4.69) is 14.9 Å². The van der Waals surface area contributed by atoms with Crippen molar-refractivity contribution in [1.29, 1.82) is 0 Å². The van der Waals surface area contributed by atoms with E-state index >= 15 is 0 Å². The molecular formula is C18H22N4O3S. The molecule has 7 nitrogen and oxygen atoms in total. The molecule has 0 saturated carbocycles. The van der Waals surface area contributed by atoms with E-state index in [1.165, 1.54) is 0 Å². The van der Waals surface area contributed by atoms with Crippen molar-refractivity contribution in [3.63, 3.8) is 0 Å². The van der Waals surface area contributed by atoms with Crippen molar-refractivity contribution in [3.05, 3.63) is 47.0 Å². The third-order valence-corrected chi connectivity index (χ3v) is 6.12. The summed E-state index contributed by atoms with van der Waals surface area (Å²) in [7, 11) is -1.97. The predicted molar refractivity (Wildman–Crippen MR) is 99.5 cm³/mol. The molecule has 0 aliphatic rings. The second-order valence-electron chi connectivity index (χ2n) is 6.22. The normalized spacial score (nSPS) is 11.7. The number of hydrogen-bond donors (Lipinski definition) is 1. The fraction of sp³-hybridized carbons (Fsp3) is 0.333. The molecule has 3 rings (SSSR count). The standard InChI is InChI=1S/C18H22N4O3S/c1-6-15-19-20-18(25-15)16-12(3)17(13(4)22(16)5)26(23,24)21-14-10-8-7-9-11(14)2/h7-10,21H,6H2,1-5H3. The maximum atomic E-state index is 13.1. The number of para-hydroxylation sites is 1. The number of nitrogens with zero attached hydrogens (tertiary/aromatic N) is 3. The summed E-state index contributed by atoms with van der Waals surface area (Å²) in [6.07, 6.45) is 0.620. The van der Waals surface area contributed by atoms with Crippen LogP contribution in [0, 0.1) is 20.8 Å². The molecule has 0 atom stereocenters. The van der Waals surface area contributed by atoms with Gasteiger partial charge >= 0.3 is 0 Å². The van der Waals surface area contributed by atoms with E-state index in [9.17, 15) is 8.42 Å². The maximum Gasteiger partial charge on any atom is 0.264 e. The van der Waals surface area contributed by atoms with Crippen LogP contribution in [-0.2, 0) is 23.5 Å². The van der Waals surface area contributed by atoms with Crippen LogP contribution < -0.4 is 4.72 Å². The van der Waals surface area contributed by atoms with Crippen molar-refractivity contribution in [2.45, 2.75) is 39.0 Å². The van der Waals surface area contributed by atoms with Gasteiger partial charge in [0.1, 0.15) is 10.6 Å². The van der Waals surface area contributed by atoms with E-state index in [4.69, 9.17) is 4.42 Å². The molecule has 8 heteroatoms. The molecular weight excluding hydrogens is 352 g/mol. The molecule has 0 unspecified atom stereocenters. The van der Waals surface area contributed by atoms with Gasteiger partial charge in [0.15, 0.2) is 0 Å². The van der Waals surface area contributed by atoms with Crippen LogP contribution in [0.15, 0.2) is 33.6 Å². The van der Waals surface area contributed by atoms with Gasteiger partial charge in [0.2, 0.25) is 5.89 Å². The monoisotopic (exact) mass is 374 g/mol. The molecule has 1 aromatic carbocycles. The van der Waals surface area contributed by atoms with Crippen LogP contribution in [0.3, 0.4) is 0 Å². The molecule has 0 radical (unpaired) electrons. The van der Waals surface area contributed by atoms with Crippen LogP contribution in [0.4, 0.5) is 5.69 Å². The molecule has 0 spiro atoms. The SMILES string of the molecule is CCc1nnc(-c2c(C)c(S(=O)(=O)Nc3ccccc3C)c(C)n2C)o1. The summed E-state index contributed by atoms with van der Waals surface area (Å²) >= 11 is 0. The Morgan fingerprint density at radius 2 is 1.85 bits per heavy atom. The van der Waals surface area contributed by atoms with Gasteiger partial charge in [0.05, 0.1) is 5.69 Å². The van der Waals surface area contributed by atoms with Crippen molar-refractivity contribution >= 4 is 15.7 Å². The highest BCUT2D eigenvalue weighted by Crippen LogP contribution is 2.33. The lowest BCUT2D eigenvalue weighted by atomic mass is 10.2. The van der Waals surface area contributed by atoms with Gasteiger partial charge in [-0.15, -0.1) is 10.2 Å². The van der Waals surface area contributed by atoms with E-state index in [1.54, 1.807) is 37.6 Å². The zero-order chi connectivity index (χ0) is 19.1. The average Bonchev–Trinajstić information content (AvgIpc) is 3.13.